The first-order chi connectivity index (χ1) is 7.93. The molecule has 0 aromatic rings. The number of ketones is 1. The molecule has 0 saturated heterocycles. The fraction of sp³-hybridized carbons (Fsp3) is 0.583. The summed E-state index contributed by atoms with van der Waals surface area (Å²) in [5, 5.41) is 10.1. The Labute approximate surface area is 129 Å². The Morgan fingerprint density at radius 3 is 2.17 bits per heavy atom. The molecule has 0 rings (SSSR count). The molecule has 0 N–H and O–H groups in total. The third kappa shape index (κ3) is 11.8. The van der Waals surface area contributed by atoms with Gasteiger partial charge in [0.2, 0.25) is 0 Å². The molecule has 6 heteroatoms. The van der Waals surface area contributed by atoms with Gasteiger partial charge >= 0.3 is 35.5 Å². The molecule has 0 aromatic carbocycles. The second-order valence-corrected chi connectivity index (χ2v) is 3.78. The van der Waals surface area contributed by atoms with Crippen LogP contribution in [0.1, 0.15) is 39.0 Å². The van der Waals surface area contributed by atoms with Crippen LogP contribution in [-0.2, 0) is 19.1 Å². The molecular formula is C12H17NaO5. The van der Waals surface area contributed by atoms with E-state index in [0.29, 0.717) is 18.4 Å². The minimum atomic E-state index is -1.15. The van der Waals surface area contributed by atoms with Crippen molar-refractivity contribution in [1.82, 2.24) is 0 Å². The largest absolute Gasteiger partial charge is 1.00 e. The van der Waals surface area contributed by atoms with Gasteiger partial charge in [-0.2, -0.15) is 0 Å². The molecule has 0 heterocycles. The molecule has 0 fully saturated rings. The van der Waals surface area contributed by atoms with Crippen molar-refractivity contribution in [1.29, 1.82) is 0 Å². The fourth-order valence-corrected chi connectivity index (χ4v) is 1.11. The van der Waals surface area contributed by atoms with Crippen molar-refractivity contribution in [3.8, 4) is 0 Å². The Balaban J connectivity index is 0. The molecule has 5 nitrogen and oxygen atoms in total. The average Bonchev–Trinajstić information content (AvgIpc) is 2.23. The summed E-state index contributed by atoms with van der Waals surface area (Å²) in [6.45, 7) is 5.15. The number of Topliss-reactive ketones (excluding diaryl/α,β-unsaturated/α-hetero) is 1. The SMILES string of the molecule is C=C(C)C(=O)OCCCC(=O)CCCC(=O)[O-].[Na+]. The van der Waals surface area contributed by atoms with Crippen molar-refractivity contribution in [2.45, 2.75) is 39.0 Å². The van der Waals surface area contributed by atoms with E-state index in [0.717, 1.165) is 0 Å². The topological polar surface area (TPSA) is 83.5 Å². The maximum Gasteiger partial charge on any atom is 1.00 e. The molecule has 0 spiro atoms. The van der Waals surface area contributed by atoms with Gasteiger partial charge in [-0.25, -0.2) is 4.79 Å². The van der Waals surface area contributed by atoms with Gasteiger partial charge < -0.3 is 14.6 Å². The van der Waals surface area contributed by atoms with Gasteiger partial charge in [-0.05, 0) is 26.2 Å². The van der Waals surface area contributed by atoms with Crippen LogP contribution in [0.5, 0.6) is 0 Å². The van der Waals surface area contributed by atoms with Gasteiger partial charge in [0.1, 0.15) is 5.78 Å². The van der Waals surface area contributed by atoms with Gasteiger partial charge in [0.25, 0.3) is 0 Å². The number of esters is 1. The smallest absolute Gasteiger partial charge is 0.550 e. The third-order valence-corrected chi connectivity index (χ3v) is 2.02. The molecule has 0 unspecified atom stereocenters. The molecule has 0 aliphatic carbocycles. The van der Waals surface area contributed by atoms with Crippen LogP contribution in [0.3, 0.4) is 0 Å². The third-order valence-electron chi connectivity index (χ3n) is 2.02. The van der Waals surface area contributed by atoms with Crippen LogP contribution in [0.15, 0.2) is 12.2 Å². The monoisotopic (exact) mass is 264 g/mol. The number of ether oxygens (including phenoxy) is 1. The Kier molecular flexibility index (Phi) is 12.5. The molecule has 0 aliphatic rings. The van der Waals surface area contributed by atoms with E-state index in [9.17, 15) is 19.5 Å². The van der Waals surface area contributed by atoms with Crippen LogP contribution in [-0.4, -0.2) is 24.3 Å². The van der Waals surface area contributed by atoms with Crippen molar-refractivity contribution in [2.24, 2.45) is 0 Å². The van der Waals surface area contributed by atoms with Crippen LogP contribution in [0, 0.1) is 0 Å². The Morgan fingerprint density at radius 1 is 1.11 bits per heavy atom. The van der Waals surface area contributed by atoms with Crippen LogP contribution in [0.2, 0.25) is 0 Å². The Bertz CT molecular complexity index is 312. The quantitative estimate of drug-likeness (QED) is 0.197. The average molecular weight is 264 g/mol. The first-order valence-corrected chi connectivity index (χ1v) is 5.47. The van der Waals surface area contributed by atoms with Gasteiger partial charge in [0, 0.05) is 24.4 Å². The molecule has 0 atom stereocenters. The maximum absolute atomic E-state index is 11.2. The number of rotatable bonds is 9. The van der Waals surface area contributed by atoms with Crippen molar-refractivity contribution in [2.75, 3.05) is 6.61 Å². The van der Waals surface area contributed by atoms with E-state index >= 15 is 0 Å². The standard InChI is InChI=1S/C12H18O5.Na/c1-9(2)12(16)17-8-4-6-10(13)5-3-7-11(14)15;/h1,3-8H2,2H3,(H,14,15);/q;+1/p-1. The van der Waals surface area contributed by atoms with Crippen molar-refractivity contribution < 1.29 is 53.8 Å². The first kappa shape index (κ1) is 19.7. The molecule has 0 radical (unpaired) electrons. The number of hydrogen-bond donors (Lipinski definition) is 0. The number of aliphatic carboxylic acids is 1. The van der Waals surface area contributed by atoms with Gasteiger partial charge in [-0.3, -0.25) is 4.79 Å². The van der Waals surface area contributed by atoms with E-state index < -0.39 is 11.9 Å². The predicted molar refractivity (Wildman–Crippen MR) is 58.9 cm³/mol. The van der Waals surface area contributed by atoms with Gasteiger partial charge in [-0.15, -0.1) is 0 Å². The summed E-state index contributed by atoms with van der Waals surface area (Å²) in [5.41, 5.74) is 0.324. The van der Waals surface area contributed by atoms with Crippen molar-refractivity contribution in [3.63, 3.8) is 0 Å². The molecule has 18 heavy (non-hydrogen) atoms. The van der Waals surface area contributed by atoms with Crippen molar-refractivity contribution in [3.05, 3.63) is 12.2 Å². The maximum atomic E-state index is 11.2. The minimum absolute atomic E-state index is 0. The summed E-state index contributed by atoms with van der Waals surface area (Å²) in [4.78, 5) is 32.3. The number of carbonyl (C=O) groups excluding carboxylic acids is 3. The van der Waals surface area contributed by atoms with E-state index in [4.69, 9.17) is 4.74 Å². The van der Waals surface area contributed by atoms with E-state index in [2.05, 4.69) is 6.58 Å². The van der Waals surface area contributed by atoms with Gasteiger partial charge in [-0.1, -0.05) is 6.58 Å². The van der Waals surface area contributed by atoms with E-state index in [1.165, 1.54) is 0 Å². The Morgan fingerprint density at radius 2 is 1.67 bits per heavy atom. The second-order valence-electron chi connectivity index (χ2n) is 3.78. The number of carbonyl (C=O) groups is 3. The van der Waals surface area contributed by atoms with Crippen molar-refractivity contribution >= 4 is 17.7 Å². The number of carboxylic acids is 1. The van der Waals surface area contributed by atoms with E-state index in [1.54, 1.807) is 6.92 Å². The fourth-order valence-electron chi connectivity index (χ4n) is 1.11. The Hall–Kier alpha value is -0.650. The molecule has 96 valence electrons. The van der Waals surface area contributed by atoms with E-state index in [1.807, 2.05) is 0 Å². The molecule has 0 aromatic heterocycles. The normalized spacial score (nSPS) is 9.17. The number of carboxylic acid groups (broad SMARTS) is 1. The van der Waals surface area contributed by atoms with E-state index in [-0.39, 0.29) is 61.2 Å². The number of hydrogen-bond acceptors (Lipinski definition) is 5. The first-order valence-electron chi connectivity index (χ1n) is 5.47. The molecule has 0 amide bonds. The zero-order valence-electron chi connectivity index (χ0n) is 11.0. The molecule has 0 aliphatic heterocycles. The van der Waals surface area contributed by atoms with Gasteiger partial charge in [0.15, 0.2) is 0 Å². The summed E-state index contributed by atoms with van der Waals surface area (Å²) < 4.78 is 4.80. The zero-order chi connectivity index (χ0) is 13.3. The summed E-state index contributed by atoms with van der Waals surface area (Å²) in [7, 11) is 0. The molecule has 0 bridgehead atoms. The molecular weight excluding hydrogens is 247 g/mol. The second kappa shape index (κ2) is 11.4. The summed E-state index contributed by atoms with van der Waals surface area (Å²) >= 11 is 0. The zero-order valence-corrected chi connectivity index (χ0v) is 13.0. The summed E-state index contributed by atoms with van der Waals surface area (Å²) in [6, 6.07) is 0. The van der Waals surface area contributed by atoms with Crippen LogP contribution in [0.25, 0.3) is 0 Å². The molecule has 0 saturated carbocycles. The summed E-state index contributed by atoms with van der Waals surface area (Å²) in [5.74, 6) is -1.64. The summed E-state index contributed by atoms with van der Waals surface area (Å²) in [6.07, 6.45) is 1.16. The van der Waals surface area contributed by atoms with Gasteiger partial charge in [0.05, 0.1) is 6.61 Å². The van der Waals surface area contributed by atoms with Crippen LogP contribution < -0.4 is 34.7 Å². The van der Waals surface area contributed by atoms with Crippen LogP contribution >= 0.6 is 0 Å². The minimum Gasteiger partial charge on any atom is -0.550 e. The predicted octanol–water partition coefficient (Wildman–Crippen LogP) is -2.62. The van der Waals surface area contributed by atoms with Crippen LogP contribution in [0.4, 0.5) is 0 Å².